The van der Waals surface area contributed by atoms with Gasteiger partial charge in [0.2, 0.25) is 11.8 Å². The Morgan fingerprint density at radius 2 is 1.86 bits per heavy atom. The van der Waals surface area contributed by atoms with Gasteiger partial charge in [-0.3, -0.25) is 4.79 Å². The predicted octanol–water partition coefficient (Wildman–Crippen LogP) is 3.81. The summed E-state index contributed by atoms with van der Waals surface area (Å²) < 4.78 is 23.8. The Balaban J connectivity index is 1.44. The number of amides is 1. The molecular weight excluding hydrogens is 464 g/mol. The molecule has 4 rings (SSSR count). The van der Waals surface area contributed by atoms with E-state index in [-0.39, 0.29) is 18.4 Å². The fourth-order valence-corrected chi connectivity index (χ4v) is 3.35. The van der Waals surface area contributed by atoms with Crippen molar-refractivity contribution in [2.75, 3.05) is 32.8 Å². The van der Waals surface area contributed by atoms with E-state index in [2.05, 4.69) is 25.6 Å². The maximum atomic E-state index is 12.4. The molecular formula is C25H28N6O5. The van der Waals surface area contributed by atoms with Crippen LogP contribution in [0, 0.1) is 0 Å². The molecule has 11 heteroatoms. The van der Waals surface area contributed by atoms with E-state index < -0.39 is 0 Å². The van der Waals surface area contributed by atoms with Gasteiger partial charge in [-0.05, 0) is 36.2 Å². The van der Waals surface area contributed by atoms with Crippen LogP contribution in [0.3, 0.4) is 0 Å². The predicted molar refractivity (Wildman–Crippen MR) is 133 cm³/mol. The van der Waals surface area contributed by atoms with Crippen LogP contribution in [0.5, 0.6) is 23.1 Å². The van der Waals surface area contributed by atoms with Gasteiger partial charge < -0.3 is 24.3 Å². The minimum absolute atomic E-state index is 0.0733. The summed E-state index contributed by atoms with van der Waals surface area (Å²) in [4.78, 5) is 21.0. The Kier molecular flexibility index (Phi) is 7.91. The van der Waals surface area contributed by atoms with E-state index >= 15 is 0 Å². The molecule has 1 N–H and O–H groups in total. The van der Waals surface area contributed by atoms with Gasteiger partial charge in [0.15, 0.2) is 11.5 Å². The molecule has 4 aromatic rings. The molecule has 11 nitrogen and oxygen atoms in total. The summed E-state index contributed by atoms with van der Waals surface area (Å²) in [5.74, 6) is 2.04. The second kappa shape index (κ2) is 11.5. The van der Waals surface area contributed by atoms with E-state index in [9.17, 15) is 4.79 Å². The van der Waals surface area contributed by atoms with E-state index in [0.717, 1.165) is 5.69 Å². The zero-order valence-corrected chi connectivity index (χ0v) is 20.6. The topological polar surface area (TPSA) is 123 Å². The molecule has 0 aliphatic rings. The maximum Gasteiger partial charge on any atom is 0.246 e. The van der Waals surface area contributed by atoms with Crippen LogP contribution in [0.25, 0.3) is 10.9 Å². The number of ether oxygens (including phenoxy) is 4. The summed E-state index contributed by atoms with van der Waals surface area (Å²) in [5, 5.41) is 11.6. The number of hydrogen-bond acceptors (Lipinski definition) is 9. The van der Waals surface area contributed by atoms with Crippen molar-refractivity contribution < 1.29 is 23.7 Å². The molecule has 0 saturated heterocycles. The number of hydrogen-bond donors (Lipinski definition) is 1. The molecule has 0 fully saturated rings. The molecule has 0 spiro atoms. The van der Waals surface area contributed by atoms with Crippen molar-refractivity contribution in [1.29, 1.82) is 0 Å². The van der Waals surface area contributed by atoms with E-state index in [4.69, 9.17) is 18.9 Å². The van der Waals surface area contributed by atoms with Crippen LogP contribution in [0.15, 0.2) is 48.9 Å². The van der Waals surface area contributed by atoms with Gasteiger partial charge >= 0.3 is 0 Å². The lowest BCUT2D eigenvalue weighted by atomic mass is 10.2. The standard InChI is InChI=1S/C25H28N6O5/c1-16(2)21-13-31(30-29-21)14-24(32)28-17-5-7-18(8-6-17)36-25-19-11-22(34-4)23(35-10-9-33-3)12-20(19)26-15-27-25/h5-8,11-13,15-16H,9-10,14H2,1-4H3,(H,28,32). The lowest BCUT2D eigenvalue weighted by Crippen LogP contribution is -2.19. The lowest BCUT2D eigenvalue weighted by Gasteiger charge is -2.13. The van der Waals surface area contributed by atoms with E-state index in [0.29, 0.717) is 52.9 Å². The van der Waals surface area contributed by atoms with Crippen LogP contribution < -0.4 is 19.5 Å². The Bertz CT molecular complexity index is 1320. The maximum absolute atomic E-state index is 12.4. The number of methoxy groups -OCH3 is 2. The molecule has 2 aromatic heterocycles. The van der Waals surface area contributed by atoms with Crippen LogP contribution in [-0.4, -0.2) is 58.3 Å². The van der Waals surface area contributed by atoms with Crippen LogP contribution in [0.1, 0.15) is 25.5 Å². The highest BCUT2D eigenvalue weighted by Gasteiger charge is 2.14. The van der Waals surface area contributed by atoms with Gasteiger partial charge in [-0.15, -0.1) is 5.10 Å². The highest BCUT2D eigenvalue weighted by molar-refractivity contribution is 5.90. The van der Waals surface area contributed by atoms with Gasteiger partial charge in [0.05, 0.1) is 30.3 Å². The number of carbonyl (C=O) groups is 1. The van der Waals surface area contributed by atoms with Crippen molar-refractivity contribution in [1.82, 2.24) is 25.0 Å². The molecule has 0 unspecified atom stereocenters. The van der Waals surface area contributed by atoms with E-state index in [1.165, 1.54) is 11.0 Å². The zero-order valence-electron chi connectivity index (χ0n) is 20.6. The second-order valence-corrected chi connectivity index (χ2v) is 8.21. The molecule has 188 valence electrons. The van der Waals surface area contributed by atoms with E-state index in [1.807, 2.05) is 13.8 Å². The average Bonchev–Trinajstić information content (AvgIpc) is 3.34. The third kappa shape index (κ3) is 6.05. The van der Waals surface area contributed by atoms with Gasteiger partial charge in [-0.2, -0.15) is 0 Å². The number of carbonyl (C=O) groups excluding carboxylic acids is 1. The molecule has 36 heavy (non-hydrogen) atoms. The molecule has 0 aliphatic heterocycles. The molecule has 0 atom stereocenters. The first-order chi connectivity index (χ1) is 17.5. The summed E-state index contributed by atoms with van der Waals surface area (Å²) in [6.45, 7) is 4.95. The van der Waals surface area contributed by atoms with Crippen LogP contribution >= 0.6 is 0 Å². The Labute approximate surface area is 208 Å². The molecule has 2 heterocycles. The highest BCUT2D eigenvalue weighted by atomic mass is 16.5. The van der Waals surface area contributed by atoms with Crippen LogP contribution in [0.2, 0.25) is 0 Å². The summed E-state index contributed by atoms with van der Waals surface area (Å²) in [6, 6.07) is 10.5. The summed E-state index contributed by atoms with van der Waals surface area (Å²) in [6.07, 6.45) is 3.20. The fraction of sp³-hybridized carbons (Fsp3) is 0.320. The number of rotatable bonds is 11. The van der Waals surface area contributed by atoms with Gasteiger partial charge in [0, 0.05) is 25.1 Å². The van der Waals surface area contributed by atoms with Crippen molar-refractivity contribution in [3.63, 3.8) is 0 Å². The quantitative estimate of drug-likeness (QED) is 0.311. The highest BCUT2D eigenvalue weighted by Crippen LogP contribution is 2.36. The van der Waals surface area contributed by atoms with Crippen molar-refractivity contribution in [2.45, 2.75) is 26.3 Å². The van der Waals surface area contributed by atoms with Crippen LogP contribution in [0.4, 0.5) is 5.69 Å². The first kappa shape index (κ1) is 24.9. The average molecular weight is 493 g/mol. The lowest BCUT2D eigenvalue weighted by molar-refractivity contribution is -0.116. The number of nitrogens with zero attached hydrogens (tertiary/aromatic N) is 5. The first-order valence-electron chi connectivity index (χ1n) is 11.4. The van der Waals surface area contributed by atoms with Crippen molar-refractivity contribution in [3.05, 3.63) is 54.6 Å². The SMILES string of the molecule is COCCOc1cc2ncnc(Oc3ccc(NC(=O)Cn4cc(C(C)C)nn4)cc3)c2cc1OC. The number of aromatic nitrogens is 5. The number of anilines is 1. The third-order valence-corrected chi connectivity index (χ3v) is 5.24. The van der Waals surface area contributed by atoms with Crippen molar-refractivity contribution in [3.8, 4) is 23.1 Å². The Morgan fingerprint density at radius 3 is 2.56 bits per heavy atom. The minimum Gasteiger partial charge on any atom is -0.493 e. The minimum atomic E-state index is -0.207. The number of benzene rings is 2. The zero-order chi connectivity index (χ0) is 25.5. The molecule has 0 bridgehead atoms. The van der Waals surface area contributed by atoms with Gasteiger partial charge in [0.1, 0.15) is 25.2 Å². The van der Waals surface area contributed by atoms with Crippen LogP contribution in [-0.2, 0) is 16.1 Å². The Morgan fingerprint density at radius 1 is 1.06 bits per heavy atom. The van der Waals surface area contributed by atoms with Gasteiger partial charge in [0.25, 0.3) is 0 Å². The molecule has 0 radical (unpaired) electrons. The monoisotopic (exact) mass is 492 g/mol. The fourth-order valence-electron chi connectivity index (χ4n) is 3.35. The normalized spacial score (nSPS) is 11.0. The first-order valence-corrected chi connectivity index (χ1v) is 11.4. The van der Waals surface area contributed by atoms with Gasteiger partial charge in [-0.25, -0.2) is 14.6 Å². The summed E-state index contributed by atoms with van der Waals surface area (Å²) in [7, 11) is 3.17. The number of fused-ring (bicyclic) bond motifs is 1. The molecule has 1 amide bonds. The summed E-state index contributed by atoms with van der Waals surface area (Å²) in [5.41, 5.74) is 2.11. The summed E-state index contributed by atoms with van der Waals surface area (Å²) >= 11 is 0. The Hall–Kier alpha value is -4.25. The molecule has 2 aromatic carbocycles. The third-order valence-electron chi connectivity index (χ3n) is 5.24. The molecule has 0 saturated carbocycles. The van der Waals surface area contributed by atoms with E-state index in [1.54, 1.807) is 56.8 Å². The number of nitrogens with one attached hydrogen (secondary N) is 1. The smallest absolute Gasteiger partial charge is 0.246 e. The van der Waals surface area contributed by atoms with Gasteiger partial charge in [-0.1, -0.05) is 19.1 Å². The second-order valence-electron chi connectivity index (χ2n) is 8.21. The van der Waals surface area contributed by atoms with Crippen molar-refractivity contribution >= 4 is 22.5 Å². The molecule has 0 aliphatic carbocycles. The van der Waals surface area contributed by atoms with Crippen molar-refractivity contribution in [2.24, 2.45) is 0 Å². The largest absolute Gasteiger partial charge is 0.493 e.